The molecule has 1 unspecified atom stereocenters. The number of ether oxygens (including phenoxy) is 1. The number of rotatable bonds is 14. The van der Waals surface area contributed by atoms with Crippen molar-refractivity contribution in [3.05, 3.63) is 120 Å². The van der Waals surface area contributed by atoms with E-state index in [1.54, 1.807) is 20.2 Å². The summed E-state index contributed by atoms with van der Waals surface area (Å²) in [7, 11) is 0. The smallest absolute Gasteiger partial charge is 0.250 e. The van der Waals surface area contributed by atoms with Gasteiger partial charge in [0, 0.05) is 44.5 Å². The van der Waals surface area contributed by atoms with Gasteiger partial charge in [-0.25, -0.2) is 4.98 Å². The molecule has 10 heteroatoms. The lowest BCUT2D eigenvalue weighted by Gasteiger charge is -2.37. The van der Waals surface area contributed by atoms with Crippen molar-refractivity contribution in [2.24, 2.45) is 5.73 Å². The Morgan fingerprint density at radius 2 is 1.51 bits per heavy atom. The molecule has 1 aliphatic heterocycles. The molecule has 1 aliphatic rings. The molecule has 1 aromatic heterocycles. The summed E-state index contributed by atoms with van der Waals surface area (Å²) in [5.41, 5.74) is 8.51. The highest BCUT2D eigenvalue weighted by Crippen LogP contribution is 2.24. The first-order chi connectivity index (χ1) is 22.7. The number of Topliss-reactive ketones (excluding diaryl/α,β-unsaturated/α-hetero) is 1. The highest BCUT2D eigenvalue weighted by atomic mass is 16.5. The van der Waals surface area contributed by atoms with Crippen molar-refractivity contribution in [2.75, 3.05) is 37.7 Å². The Kier molecular flexibility index (Phi) is 11.2. The number of nitrogens with zero attached hydrogens (tertiary/aromatic N) is 4. The fraction of sp³-hybridized carbons (Fsp3) is 0.351. The summed E-state index contributed by atoms with van der Waals surface area (Å²) in [5.74, 6) is -0.610. The number of hydrogen-bond acceptors (Lipinski definition) is 7. The molecule has 1 fully saturated rings. The van der Waals surface area contributed by atoms with Crippen LogP contribution in [-0.2, 0) is 32.1 Å². The zero-order valence-electron chi connectivity index (χ0n) is 27.1. The summed E-state index contributed by atoms with van der Waals surface area (Å²) >= 11 is 0. The Morgan fingerprint density at radius 3 is 2.15 bits per heavy atom. The van der Waals surface area contributed by atoms with Crippen LogP contribution >= 0.6 is 0 Å². The first kappa shape index (κ1) is 33.6. The average molecular weight is 637 g/mol. The van der Waals surface area contributed by atoms with Crippen molar-refractivity contribution < 1.29 is 19.1 Å². The van der Waals surface area contributed by atoms with Crippen LogP contribution < -0.4 is 16.0 Å². The van der Waals surface area contributed by atoms with E-state index in [1.165, 1.54) is 0 Å². The molecule has 0 spiro atoms. The average Bonchev–Trinajstić information content (AvgIpc) is 3.56. The van der Waals surface area contributed by atoms with E-state index in [4.69, 9.17) is 10.5 Å². The fourth-order valence-electron chi connectivity index (χ4n) is 5.58. The molecule has 47 heavy (non-hydrogen) atoms. The number of aromatic nitrogens is 2. The van der Waals surface area contributed by atoms with Gasteiger partial charge in [0.15, 0.2) is 5.78 Å². The minimum Gasteiger partial charge on any atom is -0.374 e. The van der Waals surface area contributed by atoms with E-state index in [9.17, 15) is 14.4 Å². The van der Waals surface area contributed by atoms with E-state index in [-0.39, 0.29) is 24.7 Å². The van der Waals surface area contributed by atoms with Crippen molar-refractivity contribution in [1.29, 1.82) is 0 Å². The number of imidazole rings is 1. The molecule has 2 atom stereocenters. The number of ketones is 1. The van der Waals surface area contributed by atoms with Crippen LogP contribution in [0.4, 0.5) is 5.69 Å². The van der Waals surface area contributed by atoms with Crippen LogP contribution in [0.1, 0.15) is 43.1 Å². The van der Waals surface area contributed by atoms with Gasteiger partial charge in [-0.3, -0.25) is 14.4 Å². The lowest BCUT2D eigenvalue weighted by atomic mass is 10.0. The molecule has 246 valence electrons. The lowest BCUT2D eigenvalue weighted by Crippen LogP contribution is -2.55. The highest BCUT2D eigenvalue weighted by molar-refractivity contribution is 5.92. The summed E-state index contributed by atoms with van der Waals surface area (Å²) < 4.78 is 7.66. The maximum Gasteiger partial charge on any atom is 0.250 e. The summed E-state index contributed by atoms with van der Waals surface area (Å²) in [6.07, 6.45) is 3.97. The third-order valence-corrected chi connectivity index (χ3v) is 8.32. The van der Waals surface area contributed by atoms with Crippen LogP contribution in [0.5, 0.6) is 0 Å². The first-order valence-corrected chi connectivity index (χ1v) is 16.1. The number of para-hydroxylation sites is 1. The van der Waals surface area contributed by atoms with E-state index in [0.717, 1.165) is 29.9 Å². The molecule has 0 aliphatic carbocycles. The van der Waals surface area contributed by atoms with Gasteiger partial charge >= 0.3 is 0 Å². The fourth-order valence-corrected chi connectivity index (χ4v) is 5.58. The summed E-state index contributed by atoms with van der Waals surface area (Å²) in [6.45, 7) is 6.26. The molecule has 0 saturated carbocycles. The lowest BCUT2D eigenvalue weighted by molar-refractivity contribution is -0.134. The highest BCUT2D eigenvalue weighted by Gasteiger charge is 2.31. The number of amides is 2. The molecular weight excluding hydrogens is 592 g/mol. The Balaban J connectivity index is 1.24. The van der Waals surface area contributed by atoms with Crippen LogP contribution in [0.3, 0.4) is 0 Å². The molecule has 0 radical (unpaired) electrons. The second-order valence-electron chi connectivity index (χ2n) is 12.5. The van der Waals surface area contributed by atoms with Crippen molar-refractivity contribution in [1.82, 2.24) is 19.8 Å². The third kappa shape index (κ3) is 9.15. The van der Waals surface area contributed by atoms with E-state index >= 15 is 0 Å². The number of piperazine rings is 1. The predicted molar refractivity (Wildman–Crippen MR) is 182 cm³/mol. The summed E-state index contributed by atoms with van der Waals surface area (Å²) in [5, 5.41) is 2.77. The van der Waals surface area contributed by atoms with Gasteiger partial charge in [0.1, 0.15) is 12.1 Å². The zero-order chi connectivity index (χ0) is 33.2. The van der Waals surface area contributed by atoms with Gasteiger partial charge in [0.05, 0.1) is 30.8 Å². The van der Waals surface area contributed by atoms with Gasteiger partial charge in [-0.2, -0.15) is 0 Å². The van der Waals surface area contributed by atoms with Crippen LogP contribution in [0.15, 0.2) is 104 Å². The van der Waals surface area contributed by atoms with E-state index in [0.29, 0.717) is 31.8 Å². The van der Waals surface area contributed by atoms with Crippen LogP contribution in [0, 0.1) is 0 Å². The number of anilines is 1. The van der Waals surface area contributed by atoms with Crippen LogP contribution in [-0.4, -0.2) is 76.4 Å². The number of benzene rings is 3. The predicted octanol–water partition coefficient (Wildman–Crippen LogP) is 3.76. The maximum absolute atomic E-state index is 14.0. The van der Waals surface area contributed by atoms with Crippen molar-refractivity contribution in [2.45, 2.75) is 50.9 Å². The summed E-state index contributed by atoms with van der Waals surface area (Å²) in [4.78, 5) is 48.9. The Hall–Kier alpha value is -4.80. The van der Waals surface area contributed by atoms with Crippen LogP contribution in [0.2, 0.25) is 0 Å². The minimum absolute atomic E-state index is 0.00618. The molecule has 2 amide bonds. The Labute approximate surface area is 276 Å². The first-order valence-electron chi connectivity index (χ1n) is 16.1. The summed E-state index contributed by atoms with van der Waals surface area (Å²) in [6, 6.07) is 28.1. The second kappa shape index (κ2) is 15.7. The van der Waals surface area contributed by atoms with Gasteiger partial charge in [-0.1, -0.05) is 78.9 Å². The standard InChI is InChI=1S/C37H44N6O4/c1-37(2,38)36(46)40-32(26-47-25-28-12-6-3-7-13-28)33(44)19-18-30-24-43(27-39-30)34(29-14-8-4-9-15-29)35(45)42-22-20-41(21-23-42)31-16-10-5-11-17-31/h3-17,24,27,32,34H,18-23,25-26,38H2,1-2H3,(H,40,46)/t32-,34?/m1/s1. The van der Waals surface area contributed by atoms with E-state index < -0.39 is 23.5 Å². The number of carbonyl (C=O) groups is 3. The molecule has 4 aromatic rings. The van der Waals surface area contributed by atoms with Gasteiger partial charge < -0.3 is 30.2 Å². The number of nitrogens with two attached hydrogens (primary N) is 1. The molecule has 0 bridgehead atoms. The van der Waals surface area contributed by atoms with Crippen molar-refractivity contribution in [3.63, 3.8) is 0 Å². The topological polar surface area (TPSA) is 123 Å². The van der Waals surface area contributed by atoms with Gasteiger partial charge in [-0.15, -0.1) is 0 Å². The van der Waals surface area contributed by atoms with Gasteiger partial charge in [-0.05, 0) is 43.5 Å². The van der Waals surface area contributed by atoms with Crippen LogP contribution in [0.25, 0.3) is 0 Å². The largest absolute Gasteiger partial charge is 0.374 e. The van der Waals surface area contributed by atoms with Gasteiger partial charge in [0.25, 0.3) is 0 Å². The zero-order valence-corrected chi connectivity index (χ0v) is 27.1. The van der Waals surface area contributed by atoms with Gasteiger partial charge in [0.2, 0.25) is 11.8 Å². The molecule has 5 rings (SSSR count). The normalized spacial score (nSPS) is 14.8. The van der Waals surface area contributed by atoms with E-state index in [2.05, 4.69) is 27.3 Å². The number of nitrogens with one attached hydrogen (secondary N) is 1. The molecule has 3 aromatic carbocycles. The second-order valence-corrected chi connectivity index (χ2v) is 12.5. The van der Waals surface area contributed by atoms with Crippen molar-refractivity contribution in [3.8, 4) is 0 Å². The number of aryl methyl sites for hydroxylation is 1. The Bertz CT molecular complexity index is 1600. The maximum atomic E-state index is 14.0. The molecule has 2 heterocycles. The van der Waals surface area contributed by atoms with Crippen molar-refractivity contribution >= 4 is 23.3 Å². The molecular formula is C37H44N6O4. The molecule has 3 N–H and O–H groups in total. The Morgan fingerprint density at radius 1 is 0.894 bits per heavy atom. The number of carbonyl (C=O) groups excluding carboxylic acids is 3. The minimum atomic E-state index is -1.15. The molecule has 10 nitrogen and oxygen atoms in total. The SMILES string of the molecule is CC(C)(N)C(=O)N[C@H](COCc1ccccc1)C(=O)CCc1cn(C(C(=O)N2CCN(c3ccccc3)CC2)c2ccccc2)cn1. The van der Waals surface area contributed by atoms with E-state index in [1.807, 2.05) is 94.5 Å². The third-order valence-electron chi connectivity index (χ3n) is 8.32. The molecule has 1 saturated heterocycles. The number of hydrogen-bond donors (Lipinski definition) is 2. The monoisotopic (exact) mass is 636 g/mol. The quantitative estimate of drug-likeness (QED) is 0.216.